The summed E-state index contributed by atoms with van der Waals surface area (Å²) in [7, 11) is 1.61. The van der Waals surface area contributed by atoms with E-state index in [2.05, 4.69) is 15.3 Å². The van der Waals surface area contributed by atoms with Gasteiger partial charge in [-0.15, -0.1) is 0 Å². The minimum atomic E-state index is -2.98. The normalized spacial score (nSPS) is 11.3. The third-order valence-corrected chi connectivity index (χ3v) is 1.30. The smallest absolute Gasteiger partial charge is 0.303 e. The number of aromatic nitrogens is 2. The Morgan fingerprint density at radius 1 is 1.50 bits per heavy atom. The highest BCUT2D eigenvalue weighted by Crippen LogP contribution is 2.23. The molecule has 1 aromatic rings. The summed E-state index contributed by atoms with van der Waals surface area (Å²) in [5.41, 5.74) is 0. The topological polar surface area (TPSA) is 37.8 Å². The molecule has 1 heterocycles. The maximum atomic E-state index is 12.6. The van der Waals surface area contributed by atoms with Gasteiger partial charge in [-0.25, -0.2) is 9.97 Å². The van der Waals surface area contributed by atoms with Crippen LogP contribution in [0.3, 0.4) is 0 Å². The van der Waals surface area contributed by atoms with Gasteiger partial charge in [0, 0.05) is 20.2 Å². The number of alkyl halides is 2. The molecule has 0 aliphatic carbocycles. The Balaban J connectivity index is 3.02. The molecule has 66 valence electrons. The number of hydrogen-bond donors (Lipinski definition) is 1. The van der Waals surface area contributed by atoms with E-state index in [4.69, 9.17) is 0 Å². The number of anilines is 1. The van der Waals surface area contributed by atoms with Crippen molar-refractivity contribution < 1.29 is 8.78 Å². The Morgan fingerprint density at radius 2 is 2.17 bits per heavy atom. The maximum Gasteiger partial charge on any atom is 0.303 e. The minimum Gasteiger partial charge on any atom is -0.373 e. The van der Waals surface area contributed by atoms with Crippen molar-refractivity contribution in [1.29, 1.82) is 0 Å². The second kappa shape index (κ2) is 3.00. The van der Waals surface area contributed by atoms with E-state index >= 15 is 0 Å². The summed E-state index contributed by atoms with van der Waals surface area (Å²) in [6, 6.07) is 1.52. The van der Waals surface area contributed by atoms with Crippen LogP contribution in [0.4, 0.5) is 14.6 Å². The van der Waals surface area contributed by atoms with Crippen molar-refractivity contribution in [2.75, 3.05) is 12.4 Å². The SMILES string of the molecule is CNc1ccnc(C(C)(F)F)n1. The van der Waals surface area contributed by atoms with Crippen LogP contribution in [0.15, 0.2) is 12.3 Å². The van der Waals surface area contributed by atoms with Gasteiger partial charge in [0.25, 0.3) is 0 Å². The van der Waals surface area contributed by atoms with Gasteiger partial charge in [0.2, 0.25) is 0 Å². The summed E-state index contributed by atoms with van der Waals surface area (Å²) >= 11 is 0. The van der Waals surface area contributed by atoms with Crippen LogP contribution in [-0.2, 0) is 5.92 Å². The van der Waals surface area contributed by atoms with Gasteiger partial charge in [-0.3, -0.25) is 0 Å². The quantitative estimate of drug-likeness (QED) is 0.738. The molecule has 0 bridgehead atoms. The molecule has 0 spiro atoms. The first-order valence-electron chi connectivity index (χ1n) is 3.43. The van der Waals surface area contributed by atoms with Crippen molar-refractivity contribution in [3.05, 3.63) is 18.1 Å². The lowest BCUT2D eigenvalue weighted by molar-refractivity contribution is 0.00782. The van der Waals surface area contributed by atoms with Crippen molar-refractivity contribution in [3.63, 3.8) is 0 Å². The molecule has 0 atom stereocenters. The zero-order valence-electron chi connectivity index (χ0n) is 6.81. The third kappa shape index (κ3) is 1.87. The van der Waals surface area contributed by atoms with E-state index in [1.165, 1.54) is 12.3 Å². The monoisotopic (exact) mass is 173 g/mol. The van der Waals surface area contributed by atoms with E-state index in [1.54, 1.807) is 7.05 Å². The average Bonchev–Trinajstić information content (AvgIpc) is 2.03. The fraction of sp³-hybridized carbons (Fsp3) is 0.429. The largest absolute Gasteiger partial charge is 0.373 e. The highest BCUT2D eigenvalue weighted by atomic mass is 19.3. The standard InChI is InChI=1S/C7H9F2N3/c1-7(8,9)6-11-4-3-5(10-2)12-6/h3-4H,1-2H3,(H,10,11,12). The van der Waals surface area contributed by atoms with E-state index in [-0.39, 0.29) is 0 Å². The van der Waals surface area contributed by atoms with E-state index in [0.717, 1.165) is 6.92 Å². The molecule has 5 heteroatoms. The Morgan fingerprint density at radius 3 is 2.67 bits per heavy atom. The lowest BCUT2D eigenvalue weighted by Gasteiger charge is -2.08. The fourth-order valence-corrected chi connectivity index (χ4v) is 0.709. The van der Waals surface area contributed by atoms with E-state index in [1.807, 2.05) is 0 Å². The van der Waals surface area contributed by atoms with E-state index < -0.39 is 11.7 Å². The molecule has 0 aliphatic heterocycles. The lowest BCUT2D eigenvalue weighted by atomic mass is 10.3. The predicted octanol–water partition coefficient (Wildman–Crippen LogP) is 1.63. The van der Waals surface area contributed by atoms with Gasteiger partial charge >= 0.3 is 5.92 Å². The summed E-state index contributed by atoms with van der Waals surface area (Å²) in [4.78, 5) is 7.05. The third-order valence-electron chi connectivity index (χ3n) is 1.30. The Bertz CT molecular complexity index is 270. The summed E-state index contributed by atoms with van der Waals surface area (Å²) in [5, 5.41) is 2.66. The maximum absolute atomic E-state index is 12.6. The summed E-state index contributed by atoms with van der Waals surface area (Å²) in [6.45, 7) is 0.766. The first-order chi connectivity index (χ1) is 5.54. The van der Waals surface area contributed by atoms with Crippen molar-refractivity contribution in [1.82, 2.24) is 9.97 Å². The predicted molar refractivity (Wildman–Crippen MR) is 41.1 cm³/mol. The molecule has 1 N–H and O–H groups in total. The number of nitrogens with zero attached hydrogens (tertiary/aromatic N) is 2. The number of halogens is 2. The first-order valence-corrected chi connectivity index (χ1v) is 3.43. The molecule has 0 aliphatic rings. The van der Waals surface area contributed by atoms with E-state index in [9.17, 15) is 8.78 Å². The molecule has 1 aromatic heterocycles. The van der Waals surface area contributed by atoms with Gasteiger partial charge in [0.05, 0.1) is 0 Å². The fourth-order valence-electron chi connectivity index (χ4n) is 0.709. The number of hydrogen-bond acceptors (Lipinski definition) is 3. The van der Waals surface area contributed by atoms with Crippen LogP contribution in [0.1, 0.15) is 12.7 Å². The van der Waals surface area contributed by atoms with Gasteiger partial charge in [0.1, 0.15) is 5.82 Å². The van der Waals surface area contributed by atoms with Crippen LogP contribution in [-0.4, -0.2) is 17.0 Å². The summed E-state index contributed by atoms with van der Waals surface area (Å²) in [6.07, 6.45) is 1.30. The summed E-state index contributed by atoms with van der Waals surface area (Å²) in [5.74, 6) is -3.05. The Kier molecular flexibility index (Phi) is 2.21. The zero-order chi connectivity index (χ0) is 9.19. The highest BCUT2D eigenvalue weighted by Gasteiger charge is 2.27. The number of rotatable bonds is 2. The lowest BCUT2D eigenvalue weighted by Crippen LogP contribution is -2.13. The minimum absolute atomic E-state index is 0.390. The van der Waals surface area contributed by atoms with Crippen LogP contribution in [0.25, 0.3) is 0 Å². The van der Waals surface area contributed by atoms with Gasteiger partial charge in [-0.1, -0.05) is 0 Å². The molecule has 0 unspecified atom stereocenters. The molecule has 0 fully saturated rings. The molecule has 0 saturated carbocycles. The van der Waals surface area contributed by atoms with Gasteiger partial charge < -0.3 is 5.32 Å². The molecular weight excluding hydrogens is 164 g/mol. The number of nitrogens with one attached hydrogen (secondary N) is 1. The molecular formula is C7H9F2N3. The van der Waals surface area contributed by atoms with E-state index in [0.29, 0.717) is 5.82 Å². The second-order valence-corrected chi connectivity index (χ2v) is 2.40. The molecule has 0 amide bonds. The van der Waals surface area contributed by atoms with Crippen molar-refractivity contribution in [2.24, 2.45) is 0 Å². The van der Waals surface area contributed by atoms with Gasteiger partial charge in [-0.2, -0.15) is 8.78 Å². The average molecular weight is 173 g/mol. The first kappa shape index (κ1) is 8.83. The summed E-state index contributed by atoms with van der Waals surface area (Å²) < 4.78 is 25.2. The Labute approximate surface area is 68.8 Å². The van der Waals surface area contributed by atoms with Crippen LogP contribution < -0.4 is 5.32 Å². The van der Waals surface area contributed by atoms with Gasteiger partial charge in [-0.05, 0) is 6.07 Å². The molecule has 0 aromatic carbocycles. The van der Waals surface area contributed by atoms with Crippen LogP contribution in [0, 0.1) is 0 Å². The van der Waals surface area contributed by atoms with Crippen molar-refractivity contribution in [3.8, 4) is 0 Å². The Hall–Kier alpha value is -1.26. The van der Waals surface area contributed by atoms with Crippen molar-refractivity contribution >= 4 is 5.82 Å². The van der Waals surface area contributed by atoms with Crippen molar-refractivity contribution in [2.45, 2.75) is 12.8 Å². The highest BCUT2D eigenvalue weighted by molar-refractivity contribution is 5.32. The van der Waals surface area contributed by atoms with Gasteiger partial charge in [0.15, 0.2) is 5.82 Å². The molecule has 0 radical (unpaired) electrons. The molecule has 12 heavy (non-hydrogen) atoms. The molecule has 1 rings (SSSR count). The van der Waals surface area contributed by atoms with Crippen LogP contribution >= 0.6 is 0 Å². The van der Waals surface area contributed by atoms with Crippen LogP contribution in [0.5, 0.6) is 0 Å². The molecule has 0 saturated heterocycles. The zero-order valence-corrected chi connectivity index (χ0v) is 6.81. The van der Waals surface area contributed by atoms with Crippen LogP contribution in [0.2, 0.25) is 0 Å². The molecule has 3 nitrogen and oxygen atoms in total. The second-order valence-electron chi connectivity index (χ2n) is 2.40.